The van der Waals surface area contributed by atoms with Gasteiger partial charge in [-0.2, -0.15) is 0 Å². The van der Waals surface area contributed by atoms with Crippen LogP contribution in [0.15, 0.2) is 24.3 Å². The first-order valence-electron chi connectivity index (χ1n) is 6.32. The number of nitrogens with zero attached hydrogens (tertiary/aromatic N) is 2. The van der Waals surface area contributed by atoms with Crippen LogP contribution in [-0.4, -0.2) is 41.3 Å². The number of ketones is 1. The average molecular weight is 263 g/mol. The van der Waals surface area contributed by atoms with Crippen LogP contribution in [0, 0.1) is 10.1 Å². The fourth-order valence-electron chi connectivity index (χ4n) is 2.32. The molecule has 0 spiro atoms. The molecular formula is C13H17N3O3. The molecule has 1 saturated heterocycles. The van der Waals surface area contributed by atoms with Crippen molar-refractivity contribution in [2.75, 3.05) is 19.6 Å². The molecule has 1 unspecified atom stereocenters. The van der Waals surface area contributed by atoms with E-state index in [1.165, 1.54) is 18.2 Å². The van der Waals surface area contributed by atoms with Crippen molar-refractivity contribution in [3.05, 3.63) is 39.9 Å². The maximum atomic E-state index is 12.1. The van der Waals surface area contributed by atoms with E-state index in [2.05, 4.69) is 0 Å². The van der Waals surface area contributed by atoms with Gasteiger partial charge in [-0.1, -0.05) is 12.1 Å². The van der Waals surface area contributed by atoms with Gasteiger partial charge in [0.15, 0.2) is 5.78 Å². The van der Waals surface area contributed by atoms with E-state index >= 15 is 0 Å². The van der Waals surface area contributed by atoms with Gasteiger partial charge in [-0.25, -0.2) is 0 Å². The fraction of sp³-hybridized carbons (Fsp3) is 0.462. The molecule has 102 valence electrons. The highest BCUT2D eigenvalue weighted by molar-refractivity contribution is 5.98. The van der Waals surface area contributed by atoms with E-state index in [0.29, 0.717) is 12.1 Å². The van der Waals surface area contributed by atoms with Gasteiger partial charge in [0, 0.05) is 30.3 Å². The number of hydrogen-bond donors (Lipinski definition) is 1. The molecule has 0 amide bonds. The number of nitro benzene ring substituents is 1. The van der Waals surface area contributed by atoms with Crippen LogP contribution in [0.25, 0.3) is 0 Å². The van der Waals surface area contributed by atoms with E-state index in [9.17, 15) is 14.9 Å². The van der Waals surface area contributed by atoms with E-state index in [-0.39, 0.29) is 24.1 Å². The summed E-state index contributed by atoms with van der Waals surface area (Å²) in [6, 6.07) is 5.97. The third kappa shape index (κ3) is 3.59. The van der Waals surface area contributed by atoms with Gasteiger partial charge in [0.25, 0.3) is 5.69 Å². The molecule has 19 heavy (non-hydrogen) atoms. The van der Waals surface area contributed by atoms with Gasteiger partial charge in [-0.05, 0) is 19.4 Å². The van der Waals surface area contributed by atoms with Crippen LogP contribution in [0.2, 0.25) is 0 Å². The monoisotopic (exact) mass is 263 g/mol. The molecule has 0 aliphatic carbocycles. The van der Waals surface area contributed by atoms with Crippen molar-refractivity contribution in [3.63, 3.8) is 0 Å². The topological polar surface area (TPSA) is 89.5 Å². The predicted molar refractivity (Wildman–Crippen MR) is 71.1 cm³/mol. The number of nitrogens with two attached hydrogens (primary N) is 1. The number of Topliss-reactive ketones (excluding diaryl/α,β-unsaturated/α-hetero) is 1. The number of carbonyl (C=O) groups is 1. The average Bonchev–Trinajstić information content (AvgIpc) is 2.39. The quantitative estimate of drug-likeness (QED) is 0.501. The van der Waals surface area contributed by atoms with Crippen molar-refractivity contribution in [2.45, 2.75) is 18.9 Å². The van der Waals surface area contributed by atoms with Gasteiger partial charge >= 0.3 is 0 Å². The number of rotatable bonds is 4. The summed E-state index contributed by atoms with van der Waals surface area (Å²) in [5.41, 5.74) is 6.19. The summed E-state index contributed by atoms with van der Waals surface area (Å²) in [6.07, 6.45) is 1.98. The van der Waals surface area contributed by atoms with Gasteiger partial charge < -0.3 is 5.73 Å². The van der Waals surface area contributed by atoms with Gasteiger partial charge in [-0.15, -0.1) is 0 Å². The Hall–Kier alpha value is -1.79. The summed E-state index contributed by atoms with van der Waals surface area (Å²) in [4.78, 5) is 24.3. The second kappa shape index (κ2) is 5.90. The largest absolute Gasteiger partial charge is 0.327 e. The zero-order valence-corrected chi connectivity index (χ0v) is 10.6. The van der Waals surface area contributed by atoms with Crippen LogP contribution >= 0.6 is 0 Å². The van der Waals surface area contributed by atoms with Gasteiger partial charge in [0.1, 0.15) is 0 Å². The minimum atomic E-state index is -0.492. The van der Waals surface area contributed by atoms with E-state index in [0.717, 1.165) is 19.4 Å². The smallest absolute Gasteiger partial charge is 0.270 e. The van der Waals surface area contributed by atoms with E-state index < -0.39 is 4.92 Å². The standard InChI is InChI=1S/C13H17N3O3/c14-11-4-2-6-15(8-11)9-13(17)10-3-1-5-12(7-10)16(18)19/h1,3,5,7,11H,2,4,6,8-9,14H2. The number of nitro groups is 1. The highest BCUT2D eigenvalue weighted by Gasteiger charge is 2.20. The lowest BCUT2D eigenvalue weighted by Crippen LogP contribution is -2.44. The van der Waals surface area contributed by atoms with E-state index in [4.69, 9.17) is 5.73 Å². The Morgan fingerprint density at radius 3 is 3.00 bits per heavy atom. The minimum absolute atomic E-state index is 0.0544. The number of hydrogen-bond acceptors (Lipinski definition) is 5. The zero-order chi connectivity index (χ0) is 13.8. The molecule has 2 rings (SSSR count). The molecule has 1 aromatic carbocycles. The molecule has 1 heterocycles. The van der Waals surface area contributed by atoms with Crippen molar-refractivity contribution in [2.24, 2.45) is 5.73 Å². The Kier molecular flexibility index (Phi) is 4.24. The third-order valence-electron chi connectivity index (χ3n) is 3.29. The number of benzene rings is 1. The molecule has 1 atom stereocenters. The first kappa shape index (κ1) is 13.6. The second-order valence-corrected chi connectivity index (χ2v) is 4.87. The molecule has 0 saturated carbocycles. The molecule has 0 radical (unpaired) electrons. The highest BCUT2D eigenvalue weighted by Crippen LogP contribution is 2.15. The second-order valence-electron chi connectivity index (χ2n) is 4.87. The van der Waals surface area contributed by atoms with Crippen LogP contribution in [0.1, 0.15) is 23.2 Å². The first-order valence-corrected chi connectivity index (χ1v) is 6.32. The molecule has 1 aliphatic heterocycles. The molecular weight excluding hydrogens is 246 g/mol. The van der Waals surface area contributed by atoms with Crippen LogP contribution < -0.4 is 5.73 Å². The molecule has 2 N–H and O–H groups in total. The highest BCUT2D eigenvalue weighted by atomic mass is 16.6. The molecule has 1 aliphatic rings. The fourth-order valence-corrected chi connectivity index (χ4v) is 2.32. The predicted octanol–water partition coefficient (Wildman–Crippen LogP) is 1.20. The van der Waals surface area contributed by atoms with E-state index in [1.807, 2.05) is 4.90 Å². The van der Waals surface area contributed by atoms with Crippen molar-refractivity contribution in [3.8, 4) is 0 Å². The lowest BCUT2D eigenvalue weighted by Gasteiger charge is -2.29. The molecule has 0 bridgehead atoms. The summed E-state index contributed by atoms with van der Waals surface area (Å²) in [7, 11) is 0. The first-order chi connectivity index (χ1) is 9.06. The Bertz CT molecular complexity index is 490. The molecule has 6 nitrogen and oxygen atoms in total. The van der Waals surface area contributed by atoms with Crippen LogP contribution in [0.5, 0.6) is 0 Å². The van der Waals surface area contributed by atoms with Gasteiger partial charge in [-0.3, -0.25) is 19.8 Å². The van der Waals surface area contributed by atoms with Crippen molar-refractivity contribution in [1.29, 1.82) is 0 Å². The van der Waals surface area contributed by atoms with Crippen LogP contribution in [-0.2, 0) is 0 Å². The lowest BCUT2D eigenvalue weighted by molar-refractivity contribution is -0.384. The summed E-state index contributed by atoms with van der Waals surface area (Å²) in [6.45, 7) is 1.84. The molecule has 6 heteroatoms. The molecule has 1 aromatic rings. The number of carbonyl (C=O) groups excluding carboxylic acids is 1. The van der Waals surface area contributed by atoms with Crippen molar-refractivity contribution in [1.82, 2.24) is 4.90 Å². The van der Waals surface area contributed by atoms with Gasteiger partial charge in [0.05, 0.1) is 11.5 Å². The van der Waals surface area contributed by atoms with Gasteiger partial charge in [0.2, 0.25) is 0 Å². The Balaban J connectivity index is 2.03. The lowest BCUT2D eigenvalue weighted by atomic mass is 10.0. The van der Waals surface area contributed by atoms with Crippen LogP contribution in [0.4, 0.5) is 5.69 Å². The van der Waals surface area contributed by atoms with Crippen molar-refractivity contribution < 1.29 is 9.72 Å². The summed E-state index contributed by atoms with van der Waals surface area (Å²) >= 11 is 0. The molecule has 0 aromatic heterocycles. The maximum Gasteiger partial charge on any atom is 0.270 e. The third-order valence-corrected chi connectivity index (χ3v) is 3.29. The molecule has 1 fully saturated rings. The Labute approximate surface area is 111 Å². The number of piperidine rings is 1. The number of non-ortho nitro benzene ring substituents is 1. The Morgan fingerprint density at radius 2 is 2.32 bits per heavy atom. The minimum Gasteiger partial charge on any atom is -0.327 e. The zero-order valence-electron chi connectivity index (χ0n) is 10.6. The SMILES string of the molecule is NC1CCCN(CC(=O)c2cccc([N+](=O)[O-])c2)C1. The van der Waals surface area contributed by atoms with E-state index in [1.54, 1.807) is 6.07 Å². The van der Waals surface area contributed by atoms with Crippen LogP contribution in [0.3, 0.4) is 0 Å². The van der Waals surface area contributed by atoms with Crippen molar-refractivity contribution >= 4 is 11.5 Å². The normalized spacial score (nSPS) is 20.2. The summed E-state index contributed by atoms with van der Waals surface area (Å²) in [5.74, 6) is -0.0993. The summed E-state index contributed by atoms with van der Waals surface area (Å²) < 4.78 is 0. The summed E-state index contributed by atoms with van der Waals surface area (Å²) in [5, 5.41) is 10.7. The Morgan fingerprint density at radius 1 is 1.53 bits per heavy atom. The maximum absolute atomic E-state index is 12.1. The number of likely N-dealkylation sites (tertiary alicyclic amines) is 1.